The van der Waals surface area contributed by atoms with E-state index in [9.17, 15) is 14.7 Å². The molecule has 40 heavy (non-hydrogen) atoms. The third-order valence-corrected chi connectivity index (χ3v) is 6.67. The summed E-state index contributed by atoms with van der Waals surface area (Å²) in [4.78, 5) is 32.4. The molecule has 1 fully saturated rings. The Balaban J connectivity index is 1.57. The van der Waals surface area contributed by atoms with Crippen molar-refractivity contribution in [1.82, 2.24) is 9.88 Å². The molecule has 1 saturated heterocycles. The topological polar surface area (TPSA) is 89.0 Å². The number of hydrogen-bond acceptors (Lipinski definition) is 6. The number of hydrogen-bond donors (Lipinski definition) is 1. The maximum atomic E-state index is 13.5. The second-order valence-corrected chi connectivity index (χ2v) is 9.50. The highest BCUT2D eigenvalue weighted by atomic mass is 16.5. The third-order valence-electron chi connectivity index (χ3n) is 6.67. The molecule has 5 rings (SSSR count). The van der Waals surface area contributed by atoms with E-state index >= 15 is 0 Å². The molecule has 0 aliphatic carbocycles. The zero-order chi connectivity index (χ0) is 27.9. The Kier molecular flexibility index (Phi) is 8.21. The highest BCUT2D eigenvalue weighted by Crippen LogP contribution is 2.41. The average molecular weight is 535 g/mol. The number of pyridine rings is 1. The SMILES string of the molecule is CCCCOc1cccc(C(O)=C2C(=O)C(=O)N(Cc3ccncc3)C2c2cccc(Oc3ccccc3)c2)c1. The number of benzene rings is 3. The number of aliphatic hydroxyl groups excluding tert-OH is 1. The molecule has 1 aliphatic rings. The van der Waals surface area contributed by atoms with Gasteiger partial charge in [0.25, 0.3) is 11.7 Å². The maximum absolute atomic E-state index is 13.5. The van der Waals surface area contributed by atoms with Crippen molar-refractivity contribution in [3.63, 3.8) is 0 Å². The monoisotopic (exact) mass is 534 g/mol. The molecule has 0 spiro atoms. The van der Waals surface area contributed by atoms with Gasteiger partial charge in [0.2, 0.25) is 0 Å². The fourth-order valence-corrected chi connectivity index (χ4v) is 4.67. The van der Waals surface area contributed by atoms with Crippen molar-refractivity contribution in [2.75, 3.05) is 6.61 Å². The second-order valence-electron chi connectivity index (χ2n) is 9.50. The van der Waals surface area contributed by atoms with Crippen molar-refractivity contribution >= 4 is 17.4 Å². The molecule has 1 aliphatic heterocycles. The highest BCUT2D eigenvalue weighted by molar-refractivity contribution is 6.46. The van der Waals surface area contributed by atoms with Crippen LogP contribution in [0.2, 0.25) is 0 Å². The standard InChI is InChI=1S/C33H30N2O5/c1-2-3-19-39-27-13-8-10-25(21-27)31(36)29-30(35(33(38)32(29)37)22-23-15-17-34-18-16-23)24-9-7-14-28(20-24)40-26-11-5-4-6-12-26/h4-18,20-21,30,36H,2-3,19,22H2,1H3. The van der Waals surface area contributed by atoms with Gasteiger partial charge in [-0.3, -0.25) is 14.6 Å². The summed E-state index contributed by atoms with van der Waals surface area (Å²) in [7, 11) is 0. The van der Waals surface area contributed by atoms with E-state index < -0.39 is 17.7 Å². The van der Waals surface area contributed by atoms with Gasteiger partial charge in [0.15, 0.2) is 0 Å². The zero-order valence-corrected chi connectivity index (χ0v) is 22.2. The number of Topliss-reactive ketones (excluding diaryl/α,β-unsaturated/α-hetero) is 1. The maximum Gasteiger partial charge on any atom is 0.295 e. The largest absolute Gasteiger partial charge is 0.507 e. The van der Waals surface area contributed by atoms with Crippen LogP contribution in [0.3, 0.4) is 0 Å². The number of likely N-dealkylation sites (tertiary alicyclic amines) is 1. The summed E-state index contributed by atoms with van der Waals surface area (Å²) >= 11 is 0. The molecule has 1 aromatic heterocycles. The third kappa shape index (κ3) is 5.89. The van der Waals surface area contributed by atoms with Gasteiger partial charge < -0.3 is 19.5 Å². The minimum absolute atomic E-state index is 0.0154. The van der Waals surface area contributed by atoms with Crippen LogP contribution in [-0.4, -0.2) is 33.3 Å². The molecule has 1 N–H and O–H groups in total. The molecule has 7 nitrogen and oxygen atoms in total. The van der Waals surface area contributed by atoms with E-state index in [1.807, 2.05) is 48.5 Å². The van der Waals surface area contributed by atoms with Crippen LogP contribution in [-0.2, 0) is 16.1 Å². The Morgan fingerprint density at radius 1 is 0.875 bits per heavy atom. The van der Waals surface area contributed by atoms with E-state index in [1.54, 1.807) is 54.9 Å². The molecule has 4 aromatic rings. The molecule has 3 aromatic carbocycles. The summed E-state index contributed by atoms with van der Waals surface area (Å²) in [5.41, 5.74) is 1.86. The molecule has 0 bridgehead atoms. The number of para-hydroxylation sites is 1. The smallest absolute Gasteiger partial charge is 0.295 e. The average Bonchev–Trinajstić information content (AvgIpc) is 3.23. The molecule has 1 unspecified atom stereocenters. The lowest BCUT2D eigenvalue weighted by atomic mass is 9.95. The number of carbonyl (C=O) groups excluding carboxylic acids is 2. The van der Waals surface area contributed by atoms with Crippen molar-refractivity contribution in [3.8, 4) is 17.2 Å². The van der Waals surface area contributed by atoms with Gasteiger partial charge in [-0.1, -0.05) is 55.8 Å². The fourth-order valence-electron chi connectivity index (χ4n) is 4.67. The van der Waals surface area contributed by atoms with Gasteiger partial charge in [0.05, 0.1) is 18.2 Å². The van der Waals surface area contributed by atoms with Crippen LogP contribution in [0.15, 0.2) is 109 Å². The Bertz CT molecular complexity index is 1520. The minimum Gasteiger partial charge on any atom is -0.507 e. The molecule has 0 saturated carbocycles. The summed E-state index contributed by atoms with van der Waals surface area (Å²) in [5.74, 6) is 0.0976. The van der Waals surface area contributed by atoms with Crippen LogP contribution in [0, 0.1) is 0 Å². The van der Waals surface area contributed by atoms with E-state index in [4.69, 9.17) is 9.47 Å². The van der Waals surface area contributed by atoms with Gasteiger partial charge in [0, 0.05) is 24.5 Å². The number of aromatic nitrogens is 1. The van der Waals surface area contributed by atoms with Gasteiger partial charge in [0.1, 0.15) is 23.0 Å². The summed E-state index contributed by atoms with van der Waals surface area (Å²) in [5, 5.41) is 11.5. The van der Waals surface area contributed by atoms with Crippen LogP contribution in [0.25, 0.3) is 5.76 Å². The van der Waals surface area contributed by atoms with Crippen molar-refractivity contribution in [2.45, 2.75) is 32.4 Å². The van der Waals surface area contributed by atoms with E-state index in [0.29, 0.717) is 35.0 Å². The van der Waals surface area contributed by atoms with Crippen molar-refractivity contribution in [3.05, 3.63) is 126 Å². The van der Waals surface area contributed by atoms with Crippen molar-refractivity contribution < 1.29 is 24.2 Å². The van der Waals surface area contributed by atoms with Crippen LogP contribution < -0.4 is 9.47 Å². The number of aliphatic hydroxyl groups is 1. The first-order valence-electron chi connectivity index (χ1n) is 13.3. The van der Waals surface area contributed by atoms with Crippen molar-refractivity contribution in [1.29, 1.82) is 0 Å². The number of carbonyl (C=O) groups is 2. The lowest BCUT2D eigenvalue weighted by Crippen LogP contribution is -2.29. The molecular formula is C33H30N2O5. The lowest BCUT2D eigenvalue weighted by molar-refractivity contribution is -0.140. The van der Waals surface area contributed by atoms with Gasteiger partial charge in [-0.25, -0.2) is 0 Å². The fraction of sp³-hybridized carbons (Fsp3) is 0.182. The summed E-state index contributed by atoms with van der Waals surface area (Å²) in [6, 6.07) is 26.3. The van der Waals surface area contributed by atoms with E-state index in [0.717, 1.165) is 18.4 Å². The molecule has 1 amide bonds. The number of ether oxygens (including phenoxy) is 2. The van der Waals surface area contributed by atoms with Gasteiger partial charge in [-0.15, -0.1) is 0 Å². The summed E-state index contributed by atoms with van der Waals surface area (Å²) in [6.45, 7) is 2.79. The number of amides is 1. The van der Waals surface area contributed by atoms with Gasteiger partial charge in [-0.05, 0) is 66.1 Å². The molecule has 7 heteroatoms. The van der Waals surface area contributed by atoms with Crippen LogP contribution in [0.4, 0.5) is 0 Å². The van der Waals surface area contributed by atoms with Crippen LogP contribution in [0.1, 0.15) is 42.5 Å². The highest BCUT2D eigenvalue weighted by Gasteiger charge is 2.46. The first kappa shape index (κ1) is 26.7. The Morgan fingerprint density at radius 3 is 2.38 bits per heavy atom. The normalized spacial score (nSPS) is 16.2. The first-order valence-corrected chi connectivity index (χ1v) is 13.3. The Labute approximate surface area is 233 Å². The van der Waals surface area contributed by atoms with Crippen LogP contribution in [0.5, 0.6) is 17.2 Å². The number of rotatable bonds is 10. The lowest BCUT2D eigenvalue weighted by Gasteiger charge is -2.26. The minimum atomic E-state index is -0.836. The predicted octanol–water partition coefficient (Wildman–Crippen LogP) is 6.67. The summed E-state index contributed by atoms with van der Waals surface area (Å²) < 4.78 is 11.9. The van der Waals surface area contributed by atoms with Gasteiger partial charge in [-0.2, -0.15) is 0 Å². The van der Waals surface area contributed by atoms with Gasteiger partial charge >= 0.3 is 0 Å². The Hall–Kier alpha value is -4.91. The molecule has 202 valence electrons. The first-order chi connectivity index (χ1) is 19.5. The van der Waals surface area contributed by atoms with E-state index in [1.165, 1.54) is 4.90 Å². The molecule has 2 heterocycles. The number of unbranched alkanes of at least 4 members (excludes halogenated alkanes) is 1. The van der Waals surface area contributed by atoms with E-state index in [-0.39, 0.29) is 17.9 Å². The summed E-state index contributed by atoms with van der Waals surface area (Å²) in [6.07, 6.45) is 5.17. The number of nitrogens with zero attached hydrogens (tertiary/aromatic N) is 2. The van der Waals surface area contributed by atoms with Crippen LogP contribution >= 0.6 is 0 Å². The zero-order valence-electron chi connectivity index (χ0n) is 22.2. The molecule has 0 radical (unpaired) electrons. The molecular weight excluding hydrogens is 504 g/mol. The Morgan fingerprint density at radius 2 is 1.60 bits per heavy atom. The number of ketones is 1. The molecule has 1 atom stereocenters. The van der Waals surface area contributed by atoms with Crippen molar-refractivity contribution in [2.24, 2.45) is 0 Å². The quantitative estimate of drug-likeness (QED) is 0.106. The van der Waals surface area contributed by atoms with E-state index in [2.05, 4.69) is 11.9 Å². The predicted molar refractivity (Wildman–Crippen MR) is 152 cm³/mol. The second kappa shape index (κ2) is 12.3.